The second kappa shape index (κ2) is 6.44. The number of nitrogens with two attached hydrogens (primary N) is 1. The van der Waals surface area contributed by atoms with Crippen LogP contribution in [0.15, 0.2) is 41.1 Å². The smallest absolute Gasteiger partial charge is 0.225 e. The zero-order valence-corrected chi connectivity index (χ0v) is 13.7. The lowest BCUT2D eigenvalue weighted by molar-refractivity contribution is 0.0901. The van der Waals surface area contributed by atoms with Crippen LogP contribution in [0.3, 0.4) is 0 Å². The van der Waals surface area contributed by atoms with E-state index in [1.165, 1.54) is 0 Å². The molecule has 0 aliphatic carbocycles. The summed E-state index contributed by atoms with van der Waals surface area (Å²) in [6, 6.07) is 7.24. The molecule has 2 N–H and O–H groups in total. The minimum absolute atomic E-state index is 0.0171. The SMILES string of the molecule is Nc1cc(Br)ccc1C(=O)C1CCN(c2ncccn2)CC1. The quantitative estimate of drug-likeness (QED) is 0.672. The predicted molar refractivity (Wildman–Crippen MR) is 89.9 cm³/mol. The second-order valence-corrected chi connectivity index (χ2v) is 6.32. The molecule has 0 spiro atoms. The van der Waals surface area contributed by atoms with Gasteiger partial charge in [0.15, 0.2) is 5.78 Å². The largest absolute Gasteiger partial charge is 0.398 e. The predicted octanol–water partition coefficient (Wildman–Crippen LogP) is 2.92. The van der Waals surface area contributed by atoms with Gasteiger partial charge in [0.2, 0.25) is 5.95 Å². The lowest BCUT2D eigenvalue weighted by Crippen LogP contribution is -2.37. The maximum atomic E-state index is 12.6. The van der Waals surface area contributed by atoms with Crippen LogP contribution >= 0.6 is 15.9 Å². The molecular formula is C16H17BrN4O. The van der Waals surface area contributed by atoms with E-state index in [1.807, 2.05) is 6.07 Å². The number of hydrogen-bond donors (Lipinski definition) is 1. The van der Waals surface area contributed by atoms with Crippen molar-refractivity contribution in [3.05, 3.63) is 46.7 Å². The first-order valence-corrected chi connectivity index (χ1v) is 8.05. The summed E-state index contributed by atoms with van der Waals surface area (Å²) >= 11 is 3.36. The van der Waals surface area contributed by atoms with Gasteiger partial charge in [-0.25, -0.2) is 9.97 Å². The van der Waals surface area contributed by atoms with Crippen LogP contribution in [-0.4, -0.2) is 28.8 Å². The Morgan fingerprint density at radius 1 is 1.23 bits per heavy atom. The summed E-state index contributed by atoms with van der Waals surface area (Å²) in [7, 11) is 0. The number of benzene rings is 1. The van der Waals surface area contributed by atoms with Gasteiger partial charge in [-0.15, -0.1) is 0 Å². The van der Waals surface area contributed by atoms with Gasteiger partial charge in [-0.2, -0.15) is 0 Å². The van der Waals surface area contributed by atoms with E-state index in [2.05, 4.69) is 30.8 Å². The van der Waals surface area contributed by atoms with Crippen LogP contribution in [-0.2, 0) is 0 Å². The molecule has 2 aromatic rings. The van der Waals surface area contributed by atoms with Crippen molar-refractivity contribution in [2.45, 2.75) is 12.8 Å². The number of Topliss-reactive ketones (excluding diaryl/α,β-unsaturated/α-hetero) is 1. The Labute approximate surface area is 137 Å². The zero-order valence-electron chi connectivity index (χ0n) is 12.1. The van der Waals surface area contributed by atoms with Crippen LogP contribution in [0.4, 0.5) is 11.6 Å². The molecule has 1 aliphatic heterocycles. The third kappa shape index (κ3) is 3.11. The Morgan fingerprint density at radius 3 is 2.55 bits per heavy atom. The Balaban J connectivity index is 1.67. The van der Waals surface area contributed by atoms with Crippen molar-refractivity contribution in [2.75, 3.05) is 23.7 Å². The van der Waals surface area contributed by atoms with Gasteiger partial charge in [0.25, 0.3) is 0 Å². The van der Waals surface area contributed by atoms with Crippen LogP contribution in [0.25, 0.3) is 0 Å². The molecular weight excluding hydrogens is 344 g/mol. The monoisotopic (exact) mass is 360 g/mol. The molecule has 5 nitrogen and oxygen atoms in total. The summed E-state index contributed by atoms with van der Waals surface area (Å²) in [6.07, 6.45) is 5.07. The fourth-order valence-electron chi connectivity index (χ4n) is 2.77. The van der Waals surface area contributed by atoms with Gasteiger partial charge < -0.3 is 10.6 Å². The van der Waals surface area contributed by atoms with Crippen molar-refractivity contribution < 1.29 is 4.79 Å². The lowest BCUT2D eigenvalue weighted by atomic mass is 9.88. The highest BCUT2D eigenvalue weighted by Crippen LogP contribution is 2.27. The van der Waals surface area contributed by atoms with Crippen LogP contribution < -0.4 is 10.6 Å². The molecule has 0 bridgehead atoms. The lowest BCUT2D eigenvalue weighted by Gasteiger charge is -2.31. The molecule has 6 heteroatoms. The highest BCUT2D eigenvalue weighted by Gasteiger charge is 2.27. The summed E-state index contributed by atoms with van der Waals surface area (Å²) in [5.41, 5.74) is 7.12. The first kappa shape index (κ1) is 15.0. The zero-order chi connectivity index (χ0) is 15.5. The molecule has 0 radical (unpaired) electrons. The topological polar surface area (TPSA) is 72.1 Å². The normalized spacial score (nSPS) is 15.8. The van der Waals surface area contributed by atoms with Gasteiger partial charge in [-0.05, 0) is 37.1 Å². The number of hydrogen-bond acceptors (Lipinski definition) is 5. The molecule has 2 heterocycles. The highest BCUT2D eigenvalue weighted by atomic mass is 79.9. The summed E-state index contributed by atoms with van der Waals surface area (Å²) in [4.78, 5) is 23.3. The maximum Gasteiger partial charge on any atom is 0.225 e. The Hall–Kier alpha value is -1.95. The molecule has 0 amide bonds. The van der Waals surface area contributed by atoms with Crippen LogP contribution in [0.5, 0.6) is 0 Å². The van der Waals surface area contributed by atoms with E-state index in [0.29, 0.717) is 11.3 Å². The molecule has 114 valence electrons. The number of nitrogens with zero attached hydrogens (tertiary/aromatic N) is 3. The van der Waals surface area contributed by atoms with Gasteiger partial charge >= 0.3 is 0 Å². The Morgan fingerprint density at radius 2 is 1.91 bits per heavy atom. The average Bonchev–Trinajstić information content (AvgIpc) is 2.55. The number of nitrogen functional groups attached to an aromatic ring is 1. The summed E-state index contributed by atoms with van der Waals surface area (Å²) < 4.78 is 0.887. The van der Waals surface area contributed by atoms with Gasteiger partial charge in [0, 0.05) is 47.1 Å². The molecule has 3 rings (SSSR count). The van der Waals surface area contributed by atoms with Crippen LogP contribution in [0.1, 0.15) is 23.2 Å². The van der Waals surface area contributed by atoms with Gasteiger partial charge in [-0.3, -0.25) is 4.79 Å². The molecule has 0 unspecified atom stereocenters. The van der Waals surface area contributed by atoms with E-state index in [-0.39, 0.29) is 11.7 Å². The van der Waals surface area contributed by atoms with Crippen LogP contribution in [0, 0.1) is 5.92 Å². The molecule has 1 saturated heterocycles. The fraction of sp³-hybridized carbons (Fsp3) is 0.312. The molecule has 1 fully saturated rings. The highest BCUT2D eigenvalue weighted by molar-refractivity contribution is 9.10. The number of halogens is 1. The van der Waals surface area contributed by atoms with Crippen molar-refractivity contribution in [3.63, 3.8) is 0 Å². The van der Waals surface area contributed by atoms with E-state index in [4.69, 9.17) is 5.73 Å². The van der Waals surface area contributed by atoms with Crippen molar-refractivity contribution in [1.29, 1.82) is 0 Å². The molecule has 0 atom stereocenters. The summed E-state index contributed by atoms with van der Waals surface area (Å²) in [5.74, 6) is 0.888. The molecule has 1 aliphatic rings. The third-order valence-corrected chi connectivity index (χ3v) is 4.47. The number of piperidine rings is 1. The number of aromatic nitrogens is 2. The van der Waals surface area contributed by atoms with E-state index in [1.54, 1.807) is 30.6 Å². The third-order valence-electron chi connectivity index (χ3n) is 3.98. The Kier molecular flexibility index (Phi) is 4.38. The molecule has 22 heavy (non-hydrogen) atoms. The van der Waals surface area contributed by atoms with E-state index < -0.39 is 0 Å². The minimum Gasteiger partial charge on any atom is -0.398 e. The minimum atomic E-state index is 0.0171. The fourth-order valence-corrected chi connectivity index (χ4v) is 3.15. The number of carbonyl (C=O) groups excluding carboxylic acids is 1. The first-order valence-electron chi connectivity index (χ1n) is 7.26. The standard InChI is InChI=1S/C16H17BrN4O/c17-12-2-3-13(14(18)10-12)15(22)11-4-8-21(9-5-11)16-19-6-1-7-20-16/h1-3,6-7,10-11H,4-5,8-9,18H2. The number of ketones is 1. The average molecular weight is 361 g/mol. The summed E-state index contributed by atoms with van der Waals surface area (Å²) in [6.45, 7) is 1.58. The van der Waals surface area contributed by atoms with Gasteiger partial charge in [-0.1, -0.05) is 15.9 Å². The second-order valence-electron chi connectivity index (χ2n) is 5.41. The summed E-state index contributed by atoms with van der Waals surface area (Å²) in [5, 5.41) is 0. The van der Waals surface area contributed by atoms with E-state index >= 15 is 0 Å². The maximum absolute atomic E-state index is 12.6. The van der Waals surface area contributed by atoms with Gasteiger partial charge in [0.1, 0.15) is 0 Å². The number of carbonyl (C=O) groups is 1. The van der Waals surface area contributed by atoms with Crippen LogP contribution in [0.2, 0.25) is 0 Å². The van der Waals surface area contributed by atoms with E-state index in [9.17, 15) is 4.79 Å². The van der Waals surface area contributed by atoms with Crippen molar-refractivity contribution >= 4 is 33.3 Å². The van der Waals surface area contributed by atoms with Crippen molar-refractivity contribution in [3.8, 4) is 0 Å². The Bertz CT molecular complexity index is 669. The van der Waals surface area contributed by atoms with E-state index in [0.717, 1.165) is 36.4 Å². The molecule has 1 aromatic carbocycles. The number of anilines is 2. The van der Waals surface area contributed by atoms with Crippen molar-refractivity contribution in [2.24, 2.45) is 5.92 Å². The molecule has 1 aromatic heterocycles. The first-order chi connectivity index (χ1) is 10.6. The number of rotatable bonds is 3. The van der Waals surface area contributed by atoms with Gasteiger partial charge in [0.05, 0.1) is 0 Å². The molecule has 0 saturated carbocycles. The van der Waals surface area contributed by atoms with Crippen molar-refractivity contribution in [1.82, 2.24) is 9.97 Å².